The van der Waals surface area contributed by atoms with E-state index in [1.54, 1.807) is 12.1 Å². The van der Waals surface area contributed by atoms with Gasteiger partial charge in [-0.3, -0.25) is 4.79 Å². The smallest absolute Gasteiger partial charge is 0.338 e. The number of carbonyl (C=O) groups excluding carboxylic acids is 2. The molecule has 2 atom stereocenters. The lowest BCUT2D eigenvalue weighted by molar-refractivity contribution is -0.119. The fraction of sp³-hybridized carbons (Fsp3) is 0.556. The molecule has 0 aromatic heterocycles. The number of carbonyl (C=O) groups is 2. The van der Waals surface area contributed by atoms with Gasteiger partial charge in [-0.1, -0.05) is 25.5 Å². The Kier molecular flexibility index (Phi) is 5.99. The van der Waals surface area contributed by atoms with Gasteiger partial charge in [0.25, 0.3) is 0 Å². The van der Waals surface area contributed by atoms with Crippen molar-refractivity contribution in [1.82, 2.24) is 5.32 Å². The van der Waals surface area contributed by atoms with Crippen molar-refractivity contribution in [1.29, 1.82) is 0 Å². The summed E-state index contributed by atoms with van der Waals surface area (Å²) in [6.07, 6.45) is 5.64. The number of benzene rings is 1. The summed E-state index contributed by atoms with van der Waals surface area (Å²) in [5, 5.41) is 2.73. The van der Waals surface area contributed by atoms with Crippen LogP contribution in [0.5, 0.6) is 0 Å². The van der Waals surface area contributed by atoms with Gasteiger partial charge in [-0.05, 0) is 49.3 Å². The van der Waals surface area contributed by atoms with Crippen molar-refractivity contribution in [3.63, 3.8) is 0 Å². The van der Waals surface area contributed by atoms with E-state index in [0.717, 1.165) is 31.2 Å². The van der Waals surface area contributed by atoms with E-state index < -0.39 is 0 Å². The Hall–Kier alpha value is -1.84. The molecule has 0 heterocycles. The van der Waals surface area contributed by atoms with E-state index >= 15 is 0 Å². The van der Waals surface area contributed by atoms with Crippen molar-refractivity contribution >= 4 is 11.9 Å². The Bertz CT molecular complexity index is 510. The summed E-state index contributed by atoms with van der Waals surface area (Å²) in [4.78, 5) is 23.1. The van der Waals surface area contributed by atoms with Crippen LogP contribution in [-0.4, -0.2) is 18.0 Å². The zero-order valence-corrected chi connectivity index (χ0v) is 13.4. The summed E-state index contributed by atoms with van der Waals surface area (Å²) in [6, 6.07) is 7.24. The highest BCUT2D eigenvalue weighted by Crippen LogP contribution is 2.29. The molecule has 0 bridgehead atoms. The molecule has 0 radical (unpaired) electrons. The Balaban J connectivity index is 1.93. The molecule has 0 spiro atoms. The van der Waals surface area contributed by atoms with Gasteiger partial charge in [0.1, 0.15) is 6.10 Å². The molecule has 1 saturated carbocycles. The highest BCUT2D eigenvalue weighted by molar-refractivity contribution is 5.89. The minimum Gasteiger partial charge on any atom is -0.458 e. The molecule has 0 saturated heterocycles. The monoisotopic (exact) mass is 303 g/mol. The minimum absolute atomic E-state index is 0.0605. The van der Waals surface area contributed by atoms with Crippen molar-refractivity contribution in [2.24, 2.45) is 5.92 Å². The van der Waals surface area contributed by atoms with E-state index in [1.807, 2.05) is 12.1 Å². The molecule has 1 amide bonds. The molecule has 2 unspecified atom stereocenters. The molecule has 4 heteroatoms. The van der Waals surface area contributed by atoms with Gasteiger partial charge in [0.15, 0.2) is 0 Å². The number of hydrogen-bond donors (Lipinski definition) is 1. The SMILES string of the molecule is CCC1CCCCC1OC(=O)c1ccc(CNC(C)=O)cc1. The van der Waals surface area contributed by atoms with Crippen LogP contribution in [0.2, 0.25) is 0 Å². The Morgan fingerprint density at radius 1 is 1.18 bits per heavy atom. The van der Waals surface area contributed by atoms with Crippen LogP contribution >= 0.6 is 0 Å². The Morgan fingerprint density at radius 3 is 2.50 bits per heavy atom. The summed E-state index contributed by atoms with van der Waals surface area (Å²) in [5.74, 6) is 0.194. The topological polar surface area (TPSA) is 55.4 Å². The van der Waals surface area contributed by atoms with Gasteiger partial charge < -0.3 is 10.1 Å². The molecule has 120 valence electrons. The number of hydrogen-bond acceptors (Lipinski definition) is 3. The molecule has 1 N–H and O–H groups in total. The largest absolute Gasteiger partial charge is 0.458 e. The summed E-state index contributed by atoms with van der Waals surface area (Å²) in [5.41, 5.74) is 1.54. The third-order valence-corrected chi connectivity index (χ3v) is 4.35. The third-order valence-electron chi connectivity index (χ3n) is 4.35. The van der Waals surface area contributed by atoms with Crippen molar-refractivity contribution in [3.8, 4) is 0 Å². The van der Waals surface area contributed by atoms with Gasteiger partial charge in [0.05, 0.1) is 5.56 Å². The quantitative estimate of drug-likeness (QED) is 0.848. The molecular formula is C18H25NO3. The van der Waals surface area contributed by atoms with Crippen LogP contribution in [0.3, 0.4) is 0 Å². The predicted octanol–water partition coefficient (Wildman–Crippen LogP) is 3.45. The lowest BCUT2D eigenvalue weighted by Crippen LogP contribution is -2.29. The second-order valence-corrected chi connectivity index (χ2v) is 6.00. The van der Waals surface area contributed by atoms with E-state index in [9.17, 15) is 9.59 Å². The van der Waals surface area contributed by atoms with E-state index in [2.05, 4.69) is 12.2 Å². The standard InChI is InChI=1S/C18H25NO3/c1-3-15-6-4-5-7-17(15)22-18(21)16-10-8-14(9-11-16)12-19-13(2)20/h8-11,15,17H,3-7,12H2,1-2H3,(H,19,20). The molecule has 1 aromatic carbocycles. The molecular weight excluding hydrogens is 278 g/mol. The molecule has 1 aromatic rings. The average Bonchev–Trinajstić information content (AvgIpc) is 2.54. The molecule has 22 heavy (non-hydrogen) atoms. The van der Waals surface area contributed by atoms with Crippen molar-refractivity contribution in [2.45, 2.75) is 58.6 Å². The number of rotatable bonds is 5. The van der Waals surface area contributed by atoms with E-state index in [4.69, 9.17) is 4.74 Å². The van der Waals surface area contributed by atoms with Crippen molar-refractivity contribution in [2.75, 3.05) is 0 Å². The second kappa shape index (κ2) is 7.97. The molecule has 2 rings (SSSR count). The first-order valence-electron chi connectivity index (χ1n) is 8.14. The number of esters is 1. The van der Waals surface area contributed by atoms with Gasteiger partial charge in [-0.15, -0.1) is 0 Å². The fourth-order valence-electron chi connectivity index (χ4n) is 2.99. The third kappa shape index (κ3) is 4.58. The summed E-state index contributed by atoms with van der Waals surface area (Å²) < 4.78 is 5.71. The molecule has 0 aliphatic heterocycles. The van der Waals surface area contributed by atoms with E-state index in [-0.39, 0.29) is 18.0 Å². The maximum atomic E-state index is 12.3. The highest BCUT2D eigenvalue weighted by Gasteiger charge is 2.27. The zero-order valence-electron chi connectivity index (χ0n) is 13.4. The van der Waals surface area contributed by atoms with Gasteiger partial charge in [0.2, 0.25) is 5.91 Å². The number of nitrogens with one attached hydrogen (secondary N) is 1. The number of amides is 1. The minimum atomic E-state index is -0.239. The predicted molar refractivity (Wildman–Crippen MR) is 85.4 cm³/mol. The fourth-order valence-corrected chi connectivity index (χ4v) is 2.99. The summed E-state index contributed by atoms with van der Waals surface area (Å²) >= 11 is 0. The zero-order chi connectivity index (χ0) is 15.9. The Labute approximate surface area is 132 Å². The van der Waals surface area contributed by atoms with E-state index in [1.165, 1.54) is 13.3 Å². The first kappa shape index (κ1) is 16.5. The molecule has 1 fully saturated rings. The second-order valence-electron chi connectivity index (χ2n) is 6.00. The highest BCUT2D eigenvalue weighted by atomic mass is 16.5. The van der Waals surface area contributed by atoms with Crippen LogP contribution in [0.25, 0.3) is 0 Å². The van der Waals surface area contributed by atoms with Crippen LogP contribution < -0.4 is 5.32 Å². The van der Waals surface area contributed by atoms with Gasteiger partial charge in [-0.2, -0.15) is 0 Å². The van der Waals surface area contributed by atoms with Crippen LogP contribution in [0.1, 0.15) is 61.9 Å². The van der Waals surface area contributed by atoms with Crippen LogP contribution in [0.4, 0.5) is 0 Å². The lowest BCUT2D eigenvalue weighted by Gasteiger charge is -2.30. The molecule has 4 nitrogen and oxygen atoms in total. The van der Waals surface area contributed by atoms with Gasteiger partial charge in [-0.25, -0.2) is 4.79 Å². The molecule has 1 aliphatic rings. The number of ether oxygens (including phenoxy) is 1. The van der Waals surface area contributed by atoms with Crippen LogP contribution in [0.15, 0.2) is 24.3 Å². The summed E-state index contributed by atoms with van der Waals surface area (Å²) in [6.45, 7) is 4.12. The lowest BCUT2D eigenvalue weighted by atomic mass is 9.85. The first-order valence-corrected chi connectivity index (χ1v) is 8.14. The maximum absolute atomic E-state index is 12.3. The van der Waals surface area contributed by atoms with Crippen LogP contribution in [-0.2, 0) is 16.1 Å². The first-order chi connectivity index (χ1) is 10.6. The van der Waals surface area contributed by atoms with Gasteiger partial charge in [0, 0.05) is 13.5 Å². The van der Waals surface area contributed by atoms with Gasteiger partial charge >= 0.3 is 5.97 Å². The van der Waals surface area contributed by atoms with Crippen molar-refractivity contribution in [3.05, 3.63) is 35.4 Å². The average molecular weight is 303 g/mol. The molecule has 1 aliphatic carbocycles. The normalized spacial score (nSPS) is 21.2. The van der Waals surface area contributed by atoms with Crippen LogP contribution in [0, 0.1) is 5.92 Å². The summed E-state index contributed by atoms with van der Waals surface area (Å²) in [7, 11) is 0. The maximum Gasteiger partial charge on any atom is 0.338 e. The Morgan fingerprint density at radius 2 is 1.86 bits per heavy atom. The van der Waals surface area contributed by atoms with E-state index in [0.29, 0.717) is 18.0 Å². The van der Waals surface area contributed by atoms with Crippen molar-refractivity contribution < 1.29 is 14.3 Å².